The molecule has 0 spiro atoms. The average molecular weight is 340 g/mol. The third-order valence-electron chi connectivity index (χ3n) is 4.75. The Kier molecular flexibility index (Phi) is 5.48. The summed E-state index contributed by atoms with van der Waals surface area (Å²) >= 11 is 0. The van der Waals surface area contributed by atoms with Crippen molar-refractivity contribution in [1.82, 2.24) is 15.5 Å². The molecule has 1 aliphatic heterocycles. The largest absolute Gasteiger partial charge is 0.370 e. The van der Waals surface area contributed by atoms with Crippen molar-refractivity contribution in [3.8, 4) is 0 Å². The van der Waals surface area contributed by atoms with Gasteiger partial charge in [0.25, 0.3) is 5.56 Å². The Morgan fingerprint density at radius 3 is 3.04 bits per heavy atom. The van der Waals surface area contributed by atoms with Gasteiger partial charge in [0.05, 0.1) is 11.9 Å². The Balaban J connectivity index is 1.53. The predicted octanol–water partition coefficient (Wildman–Crippen LogP) is 2.00. The normalized spacial score (nSPS) is 17.3. The summed E-state index contributed by atoms with van der Waals surface area (Å²) in [6.45, 7) is 4.30. The first-order chi connectivity index (χ1) is 12.1. The van der Waals surface area contributed by atoms with E-state index in [0.29, 0.717) is 18.9 Å². The molecule has 2 N–H and O–H groups in total. The van der Waals surface area contributed by atoms with Crippen LogP contribution >= 0.6 is 0 Å². The summed E-state index contributed by atoms with van der Waals surface area (Å²) in [6.07, 6.45) is 4.23. The van der Waals surface area contributed by atoms with Gasteiger partial charge in [0.1, 0.15) is 0 Å². The zero-order valence-corrected chi connectivity index (χ0v) is 14.5. The molecule has 1 atom stereocenters. The molecule has 0 radical (unpaired) electrons. The van der Waals surface area contributed by atoms with Crippen molar-refractivity contribution in [3.05, 3.63) is 58.0 Å². The molecule has 1 saturated heterocycles. The lowest BCUT2D eigenvalue weighted by Crippen LogP contribution is -2.38. The highest BCUT2D eigenvalue weighted by atomic mass is 16.1. The zero-order chi connectivity index (χ0) is 17.6. The first kappa shape index (κ1) is 17.2. The van der Waals surface area contributed by atoms with E-state index in [-0.39, 0.29) is 11.5 Å². The van der Waals surface area contributed by atoms with Crippen LogP contribution < -0.4 is 15.8 Å². The fraction of sp³-hybridized carbons (Fsp3) is 0.421. The lowest BCUT2D eigenvalue weighted by molar-refractivity contribution is -0.122. The summed E-state index contributed by atoms with van der Waals surface area (Å²) in [5, 5.41) is 9.28. The molecule has 1 aromatic heterocycles. The molecule has 1 fully saturated rings. The van der Waals surface area contributed by atoms with E-state index in [1.807, 2.05) is 18.2 Å². The molecule has 1 unspecified atom stereocenters. The molecule has 0 saturated carbocycles. The molecule has 132 valence electrons. The molecule has 0 aliphatic carbocycles. The van der Waals surface area contributed by atoms with Crippen LogP contribution in [-0.4, -0.2) is 29.2 Å². The Labute approximate surface area is 147 Å². The number of aromatic nitrogens is 2. The van der Waals surface area contributed by atoms with Crippen molar-refractivity contribution in [3.63, 3.8) is 0 Å². The van der Waals surface area contributed by atoms with Gasteiger partial charge in [0, 0.05) is 32.1 Å². The average Bonchev–Trinajstić information content (AvgIpc) is 2.61. The van der Waals surface area contributed by atoms with Crippen LogP contribution in [0.25, 0.3) is 0 Å². The van der Waals surface area contributed by atoms with E-state index in [4.69, 9.17) is 0 Å². The number of nitrogens with zero attached hydrogens (tertiary/aromatic N) is 2. The second kappa shape index (κ2) is 7.96. The van der Waals surface area contributed by atoms with Crippen LogP contribution in [0.3, 0.4) is 0 Å². The van der Waals surface area contributed by atoms with Crippen LogP contribution in [0.2, 0.25) is 0 Å². The molecule has 2 heterocycles. The number of anilines is 1. The van der Waals surface area contributed by atoms with Gasteiger partial charge in [-0.05, 0) is 36.8 Å². The molecular weight excluding hydrogens is 316 g/mol. The van der Waals surface area contributed by atoms with Crippen LogP contribution in [0, 0.1) is 12.8 Å². The number of aryl methyl sites for hydroxylation is 1. The SMILES string of the molecule is Cc1ccccc1CNC(=O)CC1CCCN(c2cn[nH]c(=O)c2)C1. The van der Waals surface area contributed by atoms with Gasteiger partial charge in [-0.15, -0.1) is 0 Å². The van der Waals surface area contributed by atoms with Gasteiger partial charge in [-0.2, -0.15) is 5.10 Å². The lowest BCUT2D eigenvalue weighted by Gasteiger charge is -2.33. The van der Waals surface area contributed by atoms with Gasteiger partial charge in [0.2, 0.25) is 5.91 Å². The smallest absolute Gasteiger partial charge is 0.266 e. The number of hydrogen-bond donors (Lipinski definition) is 2. The minimum absolute atomic E-state index is 0.0825. The maximum atomic E-state index is 12.3. The highest BCUT2D eigenvalue weighted by Gasteiger charge is 2.22. The molecule has 1 amide bonds. The number of carbonyl (C=O) groups excluding carboxylic acids is 1. The maximum Gasteiger partial charge on any atom is 0.266 e. The van der Waals surface area contributed by atoms with Crippen molar-refractivity contribution >= 4 is 11.6 Å². The number of nitrogens with one attached hydrogen (secondary N) is 2. The van der Waals surface area contributed by atoms with Crippen molar-refractivity contribution in [2.24, 2.45) is 5.92 Å². The van der Waals surface area contributed by atoms with E-state index in [2.05, 4.69) is 33.4 Å². The Morgan fingerprint density at radius 2 is 2.24 bits per heavy atom. The molecule has 6 nitrogen and oxygen atoms in total. The molecular formula is C19H24N4O2. The summed E-state index contributed by atoms with van der Waals surface area (Å²) < 4.78 is 0. The number of amides is 1. The minimum Gasteiger partial charge on any atom is -0.370 e. The third-order valence-corrected chi connectivity index (χ3v) is 4.75. The molecule has 1 aromatic carbocycles. The fourth-order valence-corrected chi connectivity index (χ4v) is 3.34. The zero-order valence-electron chi connectivity index (χ0n) is 14.5. The number of hydrogen-bond acceptors (Lipinski definition) is 4. The standard InChI is InChI=1S/C19H24N4O2/c1-14-5-2-3-7-16(14)11-20-18(24)9-15-6-4-8-23(13-15)17-10-19(25)22-21-12-17/h2-3,5,7,10,12,15H,4,6,8-9,11,13H2,1H3,(H,20,24)(H,22,25). The Hall–Kier alpha value is -2.63. The summed E-state index contributed by atoms with van der Waals surface area (Å²) in [4.78, 5) is 25.9. The monoisotopic (exact) mass is 340 g/mol. The van der Waals surface area contributed by atoms with E-state index in [1.165, 1.54) is 5.56 Å². The van der Waals surface area contributed by atoms with Crippen LogP contribution in [0.5, 0.6) is 0 Å². The Morgan fingerprint density at radius 1 is 1.40 bits per heavy atom. The summed E-state index contributed by atoms with van der Waals surface area (Å²) in [6, 6.07) is 9.64. The van der Waals surface area contributed by atoms with Crippen molar-refractivity contribution in [2.45, 2.75) is 32.7 Å². The second-order valence-electron chi connectivity index (χ2n) is 6.67. The van der Waals surface area contributed by atoms with Crippen molar-refractivity contribution < 1.29 is 4.79 Å². The van der Waals surface area contributed by atoms with Gasteiger partial charge in [-0.1, -0.05) is 24.3 Å². The van der Waals surface area contributed by atoms with Gasteiger partial charge >= 0.3 is 0 Å². The van der Waals surface area contributed by atoms with E-state index in [1.54, 1.807) is 12.3 Å². The molecule has 6 heteroatoms. The van der Waals surface area contributed by atoms with E-state index < -0.39 is 0 Å². The van der Waals surface area contributed by atoms with E-state index in [9.17, 15) is 9.59 Å². The van der Waals surface area contributed by atoms with Crippen LogP contribution in [0.15, 0.2) is 41.3 Å². The van der Waals surface area contributed by atoms with Crippen molar-refractivity contribution in [2.75, 3.05) is 18.0 Å². The highest BCUT2D eigenvalue weighted by Crippen LogP contribution is 2.23. The highest BCUT2D eigenvalue weighted by molar-refractivity contribution is 5.76. The first-order valence-electron chi connectivity index (χ1n) is 8.72. The third kappa shape index (κ3) is 4.68. The quantitative estimate of drug-likeness (QED) is 0.873. The number of aromatic amines is 1. The summed E-state index contributed by atoms with van der Waals surface area (Å²) in [7, 11) is 0. The Bertz CT molecular complexity index is 787. The topological polar surface area (TPSA) is 78.1 Å². The molecule has 25 heavy (non-hydrogen) atoms. The van der Waals surface area contributed by atoms with Crippen LogP contribution in [0.4, 0.5) is 5.69 Å². The second-order valence-corrected chi connectivity index (χ2v) is 6.67. The number of benzene rings is 1. The number of piperidine rings is 1. The van der Waals surface area contributed by atoms with Crippen molar-refractivity contribution in [1.29, 1.82) is 0 Å². The van der Waals surface area contributed by atoms with Crippen LogP contribution in [0.1, 0.15) is 30.4 Å². The van der Waals surface area contributed by atoms with Gasteiger partial charge in [0.15, 0.2) is 0 Å². The lowest BCUT2D eigenvalue weighted by atomic mass is 9.94. The van der Waals surface area contributed by atoms with E-state index >= 15 is 0 Å². The number of rotatable bonds is 5. The predicted molar refractivity (Wildman–Crippen MR) is 97.4 cm³/mol. The molecule has 3 rings (SSSR count). The van der Waals surface area contributed by atoms with Crippen LogP contribution in [-0.2, 0) is 11.3 Å². The molecule has 0 bridgehead atoms. The number of carbonyl (C=O) groups is 1. The minimum atomic E-state index is -0.199. The number of H-pyrrole nitrogens is 1. The fourth-order valence-electron chi connectivity index (χ4n) is 3.34. The summed E-state index contributed by atoms with van der Waals surface area (Å²) in [5.41, 5.74) is 2.97. The molecule has 2 aromatic rings. The summed E-state index contributed by atoms with van der Waals surface area (Å²) in [5.74, 6) is 0.379. The maximum absolute atomic E-state index is 12.3. The van der Waals surface area contributed by atoms with Gasteiger partial charge in [-0.3, -0.25) is 9.59 Å². The van der Waals surface area contributed by atoms with E-state index in [0.717, 1.165) is 37.2 Å². The van der Waals surface area contributed by atoms with Gasteiger partial charge < -0.3 is 10.2 Å². The van der Waals surface area contributed by atoms with Gasteiger partial charge in [-0.25, -0.2) is 5.10 Å². The first-order valence-corrected chi connectivity index (χ1v) is 8.72. The molecule has 1 aliphatic rings.